The third kappa shape index (κ3) is 14.1. The monoisotopic (exact) mass is 203 g/mol. The summed E-state index contributed by atoms with van der Waals surface area (Å²) in [4.78, 5) is 9.94. The molecule has 1 fully saturated rings. The van der Waals surface area contributed by atoms with E-state index >= 15 is 0 Å². The van der Waals surface area contributed by atoms with Crippen LogP contribution in [0.1, 0.15) is 40.0 Å². The Kier molecular flexibility index (Phi) is 17.3. The Morgan fingerprint density at radius 3 is 2.07 bits per heavy atom. The topological polar surface area (TPSA) is 38.3 Å². The second kappa shape index (κ2) is 15.1. The normalized spacial score (nSPS) is 18.7. The van der Waals surface area contributed by atoms with E-state index < -0.39 is 0 Å². The molecule has 0 spiro atoms. The molecule has 1 aliphatic rings. The van der Waals surface area contributed by atoms with Gasteiger partial charge in [0.15, 0.2) is 0 Å². The molecule has 14 heavy (non-hydrogen) atoms. The van der Waals surface area contributed by atoms with Crippen molar-refractivity contribution >= 4 is 6.29 Å². The first-order valence-electron chi connectivity index (χ1n) is 5.44. The summed E-state index contributed by atoms with van der Waals surface area (Å²) in [7, 11) is 1.68. The van der Waals surface area contributed by atoms with Crippen molar-refractivity contribution in [1.29, 1.82) is 0 Å². The van der Waals surface area contributed by atoms with Crippen LogP contribution in [-0.2, 0) is 9.53 Å². The van der Waals surface area contributed by atoms with Crippen molar-refractivity contribution in [2.45, 2.75) is 46.1 Å². The standard InChI is InChI=1S/C5H9NO.C3H8O.C3H8/c7-4-5-2-1-3-6-5;1-3-4-2;1-3-2/h4-6H,1-3H2;3H2,1-2H3;3H2,1-2H3. The Bertz CT molecular complexity index is 99.5. The number of hydrogen-bond acceptors (Lipinski definition) is 3. The van der Waals surface area contributed by atoms with Gasteiger partial charge in [-0.1, -0.05) is 20.3 Å². The van der Waals surface area contributed by atoms with Crippen molar-refractivity contribution in [2.24, 2.45) is 0 Å². The van der Waals surface area contributed by atoms with Crippen molar-refractivity contribution < 1.29 is 9.53 Å². The summed E-state index contributed by atoms with van der Waals surface area (Å²) < 4.78 is 4.54. The number of ether oxygens (including phenoxy) is 1. The minimum absolute atomic E-state index is 0.167. The van der Waals surface area contributed by atoms with E-state index in [1.807, 2.05) is 6.92 Å². The number of methoxy groups -OCH3 is 1. The van der Waals surface area contributed by atoms with Gasteiger partial charge in [-0.3, -0.25) is 0 Å². The molecular formula is C11H25NO2. The fourth-order valence-corrected chi connectivity index (χ4v) is 0.828. The molecule has 1 heterocycles. The van der Waals surface area contributed by atoms with E-state index in [2.05, 4.69) is 23.9 Å². The van der Waals surface area contributed by atoms with Gasteiger partial charge in [0.1, 0.15) is 6.29 Å². The number of carbonyl (C=O) groups excluding carboxylic acids is 1. The third-order valence-corrected chi connectivity index (χ3v) is 1.55. The van der Waals surface area contributed by atoms with E-state index in [9.17, 15) is 4.79 Å². The highest BCUT2D eigenvalue weighted by atomic mass is 16.5. The quantitative estimate of drug-likeness (QED) is 0.698. The van der Waals surface area contributed by atoms with Gasteiger partial charge in [0.2, 0.25) is 0 Å². The summed E-state index contributed by atoms with van der Waals surface area (Å²) in [5.74, 6) is 0. The summed E-state index contributed by atoms with van der Waals surface area (Å²) in [6.07, 6.45) is 4.42. The van der Waals surface area contributed by atoms with Crippen LogP contribution in [0, 0.1) is 0 Å². The molecular weight excluding hydrogens is 178 g/mol. The number of rotatable bonds is 2. The fourth-order valence-electron chi connectivity index (χ4n) is 0.828. The van der Waals surface area contributed by atoms with Gasteiger partial charge in [0, 0.05) is 13.7 Å². The van der Waals surface area contributed by atoms with E-state index in [0.29, 0.717) is 0 Å². The summed E-state index contributed by atoms with van der Waals surface area (Å²) >= 11 is 0. The molecule has 1 aliphatic heterocycles. The highest BCUT2D eigenvalue weighted by Crippen LogP contribution is 2.00. The van der Waals surface area contributed by atoms with Gasteiger partial charge >= 0.3 is 0 Å². The highest BCUT2D eigenvalue weighted by Gasteiger charge is 2.10. The number of aldehydes is 1. The van der Waals surface area contributed by atoms with Crippen LogP contribution < -0.4 is 5.32 Å². The Labute approximate surface area is 88.2 Å². The van der Waals surface area contributed by atoms with Gasteiger partial charge in [0.25, 0.3) is 0 Å². The SMILES string of the molecule is CCC.CCOC.O=CC1CCCN1. The number of nitrogens with one attached hydrogen (secondary N) is 1. The molecule has 0 aromatic carbocycles. The van der Waals surface area contributed by atoms with Crippen molar-refractivity contribution in [2.75, 3.05) is 20.3 Å². The molecule has 0 saturated carbocycles. The average Bonchev–Trinajstić information content (AvgIpc) is 2.72. The van der Waals surface area contributed by atoms with Crippen molar-refractivity contribution in [3.8, 4) is 0 Å². The Balaban J connectivity index is 0. The van der Waals surface area contributed by atoms with Crippen LogP contribution in [0.15, 0.2) is 0 Å². The first kappa shape index (κ1) is 16.0. The van der Waals surface area contributed by atoms with Gasteiger partial charge < -0.3 is 14.8 Å². The lowest BCUT2D eigenvalue weighted by Crippen LogP contribution is -2.21. The summed E-state index contributed by atoms with van der Waals surface area (Å²) in [6, 6.07) is 0.167. The van der Waals surface area contributed by atoms with Gasteiger partial charge in [-0.15, -0.1) is 0 Å². The summed E-state index contributed by atoms with van der Waals surface area (Å²) in [5, 5.41) is 3.04. The fraction of sp³-hybridized carbons (Fsp3) is 0.909. The van der Waals surface area contributed by atoms with Crippen molar-refractivity contribution in [3.63, 3.8) is 0 Å². The zero-order chi connectivity index (χ0) is 11.2. The van der Waals surface area contributed by atoms with Crippen LogP contribution in [0.2, 0.25) is 0 Å². The predicted octanol–water partition coefficient (Wildman–Crippen LogP) is 2.01. The van der Waals surface area contributed by atoms with Crippen molar-refractivity contribution in [1.82, 2.24) is 5.32 Å². The molecule has 1 rings (SSSR count). The van der Waals surface area contributed by atoms with Crippen LogP contribution in [0.3, 0.4) is 0 Å². The van der Waals surface area contributed by atoms with Crippen LogP contribution in [0.4, 0.5) is 0 Å². The number of hydrogen-bond donors (Lipinski definition) is 1. The predicted molar refractivity (Wildman–Crippen MR) is 60.6 cm³/mol. The smallest absolute Gasteiger partial charge is 0.136 e. The van der Waals surface area contributed by atoms with Gasteiger partial charge in [0.05, 0.1) is 6.04 Å². The molecule has 1 N–H and O–H groups in total. The summed E-state index contributed by atoms with van der Waals surface area (Å²) in [6.45, 7) is 8.05. The van der Waals surface area contributed by atoms with Crippen LogP contribution in [0.25, 0.3) is 0 Å². The summed E-state index contributed by atoms with van der Waals surface area (Å²) in [5.41, 5.74) is 0. The first-order chi connectivity index (χ1) is 6.76. The van der Waals surface area contributed by atoms with Crippen LogP contribution in [-0.4, -0.2) is 32.6 Å². The zero-order valence-corrected chi connectivity index (χ0v) is 10.0. The van der Waals surface area contributed by atoms with Gasteiger partial charge in [-0.25, -0.2) is 0 Å². The second-order valence-corrected chi connectivity index (χ2v) is 3.12. The minimum Gasteiger partial charge on any atom is -0.385 e. The maximum Gasteiger partial charge on any atom is 0.136 e. The van der Waals surface area contributed by atoms with Crippen LogP contribution in [0.5, 0.6) is 0 Å². The molecule has 86 valence electrons. The van der Waals surface area contributed by atoms with E-state index in [0.717, 1.165) is 32.3 Å². The molecule has 1 unspecified atom stereocenters. The molecule has 3 heteroatoms. The van der Waals surface area contributed by atoms with Gasteiger partial charge in [-0.2, -0.15) is 0 Å². The molecule has 0 aromatic heterocycles. The zero-order valence-electron chi connectivity index (χ0n) is 10.0. The maximum atomic E-state index is 9.94. The molecule has 0 amide bonds. The molecule has 1 atom stereocenters. The van der Waals surface area contributed by atoms with E-state index in [4.69, 9.17) is 0 Å². The van der Waals surface area contributed by atoms with Gasteiger partial charge in [-0.05, 0) is 26.3 Å². The minimum atomic E-state index is 0.167. The molecule has 0 aliphatic carbocycles. The van der Waals surface area contributed by atoms with E-state index in [-0.39, 0.29) is 6.04 Å². The molecule has 0 radical (unpaired) electrons. The lowest BCUT2D eigenvalue weighted by atomic mass is 10.2. The Morgan fingerprint density at radius 2 is 1.93 bits per heavy atom. The second-order valence-electron chi connectivity index (χ2n) is 3.12. The average molecular weight is 203 g/mol. The Morgan fingerprint density at radius 1 is 1.43 bits per heavy atom. The largest absolute Gasteiger partial charge is 0.385 e. The first-order valence-corrected chi connectivity index (χ1v) is 5.44. The van der Waals surface area contributed by atoms with Crippen molar-refractivity contribution in [3.05, 3.63) is 0 Å². The molecule has 0 aromatic rings. The molecule has 3 nitrogen and oxygen atoms in total. The lowest BCUT2D eigenvalue weighted by molar-refractivity contribution is -0.109. The molecule has 0 bridgehead atoms. The number of carbonyl (C=O) groups is 1. The Hall–Kier alpha value is -0.410. The lowest BCUT2D eigenvalue weighted by Gasteiger charge is -1.93. The van der Waals surface area contributed by atoms with E-state index in [1.54, 1.807) is 7.11 Å². The highest BCUT2D eigenvalue weighted by molar-refractivity contribution is 5.57. The maximum absolute atomic E-state index is 9.94. The molecule has 1 saturated heterocycles. The third-order valence-electron chi connectivity index (χ3n) is 1.55. The van der Waals surface area contributed by atoms with Crippen LogP contribution >= 0.6 is 0 Å². The van der Waals surface area contributed by atoms with E-state index in [1.165, 1.54) is 6.42 Å².